The fraction of sp³-hybridized carbons (Fsp3) is 0. The number of phenolic OH excluding ortho intramolecular Hbond substituents is 1. The molecule has 0 spiro atoms. The molecule has 0 saturated carbocycles. The summed E-state index contributed by atoms with van der Waals surface area (Å²) >= 11 is 3.29. The number of rotatable bonds is 2. The van der Waals surface area contributed by atoms with Crippen molar-refractivity contribution in [3.63, 3.8) is 0 Å². The molecule has 0 aliphatic heterocycles. The first-order chi connectivity index (χ1) is 8.56. The number of benzene rings is 2. The van der Waals surface area contributed by atoms with E-state index in [1.807, 2.05) is 0 Å². The van der Waals surface area contributed by atoms with E-state index in [-0.39, 0.29) is 11.7 Å². The Balaban J connectivity index is 2.18. The molecule has 0 radical (unpaired) electrons. The molecule has 0 unspecified atom stereocenters. The first-order valence-corrected chi connectivity index (χ1v) is 6.01. The summed E-state index contributed by atoms with van der Waals surface area (Å²) in [6.45, 7) is 0. The molecule has 2 aromatic carbocycles. The van der Waals surface area contributed by atoms with Crippen LogP contribution in [0.4, 0.5) is 11.4 Å². The third-order valence-corrected chi connectivity index (χ3v) is 3.05. The molecule has 5 heteroatoms. The summed E-state index contributed by atoms with van der Waals surface area (Å²) in [7, 11) is 0. The van der Waals surface area contributed by atoms with Crippen LogP contribution in [0.3, 0.4) is 0 Å². The van der Waals surface area contributed by atoms with Crippen molar-refractivity contribution in [1.82, 2.24) is 0 Å². The second kappa shape index (κ2) is 5.10. The maximum Gasteiger partial charge on any atom is 0.255 e. The van der Waals surface area contributed by atoms with Gasteiger partial charge in [-0.3, -0.25) is 4.79 Å². The quantitative estimate of drug-likeness (QED) is 0.747. The first-order valence-electron chi connectivity index (χ1n) is 5.21. The fourth-order valence-corrected chi connectivity index (χ4v) is 1.83. The van der Waals surface area contributed by atoms with Gasteiger partial charge in [0.2, 0.25) is 0 Å². The molecule has 92 valence electrons. The minimum Gasteiger partial charge on any atom is -0.508 e. The van der Waals surface area contributed by atoms with Crippen molar-refractivity contribution in [2.24, 2.45) is 0 Å². The topological polar surface area (TPSA) is 75.3 Å². The summed E-state index contributed by atoms with van der Waals surface area (Å²) in [6.07, 6.45) is 0. The van der Waals surface area contributed by atoms with Gasteiger partial charge in [-0.15, -0.1) is 0 Å². The summed E-state index contributed by atoms with van der Waals surface area (Å²) in [5, 5.41) is 12.0. The number of nitrogens with one attached hydrogen (secondary N) is 1. The second-order valence-electron chi connectivity index (χ2n) is 3.74. The Labute approximate surface area is 113 Å². The Hall–Kier alpha value is -2.01. The fourth-order valence-electron chi connectivity index (χ4n) is 1.46. The van der Waals surface area contributed by atoms with Crippen molar-refractivity contribution in [1.29, 1.82) is 0 Å². The summed E-state index contributed by atoms with van der Waals surface area (Å²) in [4.78, 5) is 11.9. The number of amides is 1. The Morgan fingerprint density at radius 1 is 1.22 bits per heavy atom. The number of nitrogen functional groups attached to an aromatic ring is 1. The molecule has 0 fully saturated rings. The minimum absolute atomic E-state index is 0.0566. The van der Waals surface area contributed by atoms with Crippen LogP contribution in [0, 0.1) is 0 Å². The van der Waals surface area contributed by atoms with Crippen LogP contribution in [0.1, 0.15) is 10.4 Å². The molecule has 4 N–H and O–H groups in total. The lowest BCUT2D eigenvalue weighted by Gasteiger charge is -2.07. The van der Waals surface area contributed by atoms with Gasteiger partial charge in [0.15, 0.2) is 0 Å². The number of hydrogen-bond donors (Lipinski definition) is 3. The lowest BCUT2D eigenvalue weighted by molar-refractivity contribution is 0.102. The summed E-state index contributed by atoms with van der Waals surface area (Å²) in [5.41, 5.74) is 7.28. The van der Waals surface area contributed by atoms with Crippen LogP contribution >= 0.6 is 15.9 Å². The maximum absolute atomic E-state index is 11.9. The smallest absolute Gasteiger partial charge is 0.255 e. The molecular weight excluding hydrogens is 296 g/mol. The van der Waals surface area contributed by atoms with E-state index in [4.69, 9.17) is 5.73 Å². The zero-order chi connectivity index (χ0) is 13.1. The van der Waals surface area contributed by atoms with Crippen LogP contribution in [0.25, 0.3) is 0 Å². The van der Waals surface area contributed by atoms with Crippen molar-refractivity contribution < 1.29 is 9.90 Å². The van der Waals surface area contributed by atoms with Crippen molar-refractivity contribution >= 4 is 33.2 Å². The molecule has 0 aliphatic rings. The number of nitrogens with two attached hydrogens (primary N) is 1. The number of carbonyl (C=O) groups excluding carboxylic acids is 1. The molecular formula is C13H11BrN2O2. The Bertz CT molecular complexity index is 599. The Morgan fingerprint density at radius 2 is 2.00 bits per heavy atom. The maximum atomic E-state index is 11.9. The van der Waals surface area contributed by atoms with Gasteiger partial charge in [0.25, 0.3) is 5.91 Å². The number of halogens is 1. The highest BCUT2D eigenvalue weighted by molar-refractivity contribution is 9.10. The van der Waals surface area contributed by atoms with E-state index in [9.17, 15) is 9.90 Å². The van der Waals surface area contributed by atoms with Gasteiger partial charge < -0.3 is 16.2 Å². The lowest BCUT2D eigenvalue weighted by Crippen LogP contribution is -2.11. The van der Waals surface area contributed by atoms with Gasteiger partial charge in [-0.2, -0.15) is 0 Å². The second-order valence-corrected chi connectivity index (χ2v) is 4.60. The van der Waals surface area contributed by atoms with Gasteiger partial charge >= 0.3 is 0 Å². The van der Waals surface area contributed by atoms with Crippen molar-refractivity contribution in [3.8, 4) is 5.75 Å². The van der Waals surface area contributed by atoms with Crippen LogP contribution in [0.2, 0.25) is 0 Å². The lowest BCUT2D eigenvalue weighted by atomic mass is 10.2. The minimum atomic E-state index is -0.289. The van der Waals surface area contributed by atoms with Gasteiger partial charge in [0, 0.05) is 21.4 Å². The predicted octanol–water partition coefficient (Wildman–Crippen LogP) is 2.99. The molecule has 2 aromatic rings. The van der Waals surface area contributed by atoms with Crippen molar-refractivity contribution in [3.05, 3.63) is 52.5 Å². The summed E-state index contributed by atoms with van der Waals surface area (Å²) in [6, 6.07) is 11.3. The van der Waals surface area contributed by atoms with Crippen LogP contribution < -0.4 is 11.1 Å². The molecule has 0 saturated heterocycles. The number of anilines is 2. The number of phenols is 1. The van der Waals surface area contributed by atoms with Gasteiger partial charge in [0.05, 0.1) is 0 Å². The molecule has 18 heavy (non-hydrogen) atoms. The van der Waals surface area contributed by atoms with Gasteiger partial charge in [-0.1, -0.05) is 6.07 Å². The van der Waals surface area contributed by atoms with E-state index in [2.05, 4.69) is 21.2 Å². The SMILES string of the molecule is Nc1ccc(NC(=O)c2cccc(O)c2)cc1Br. The van der Waals surface area contributed by atoms with Gasteiger partial charge in [-0.25, -0.2) is 0 Å². The highest BCUT2D eigenvalue weighted by Gasteiger charge is 2.07. The van der Waals surface area contributed by atoms with Crippen LogP contribution in [0.5, 0.6) is 5.75 Å². The largest absolute Gasteiger partial charge is 0.508 e. The third-order valence-electron chi connectivity index (χ3n) is 2.37. The van der Waals surface area contributed by atoms with Crippen molar-refractivity contribution in [2.45, 2.75) is 0 Å². The van der Waals surface area contributed by atoms with Gasteiger partial charge in [-0.05, 0) is 52.3 Å². The average molecular weight is 307 g/mol. The van der Waals surface area contributed by atoms with E-state index in [1.165, 1.54) is 12.1 Å². The highest BCUT2D eigenvalue weighted by Crippen LogP contribution is 2.23. The van der Waals surface area contributed by atoms with E-state index in [1.54, 1.807) is 30.3 Å². The zero-order valence-corrected chi connectivity index (χ0v) is 10.9. The Kier molecular flexibility index (Phi) is 3.53. The van der Waals surface area contributed by atoms with E-state index >= 15 is 0 Å². The van der Waals surface area contributed by atoms with Crippen molar-refractivity contribution in [2.75, 3.05) is 11.1 Å². The molecule has 4 nitrogen and oxygen atoms in total. The standard InChI is InChI=1S/C13H11BrN2O2/c14-11-7-9(4-5-12(11)15)16-13(18)8-2-1-3-10(17)6-8/h1-7,17H,15H2,(H,16,18). The molecule has 2 rings (SSSR count). The molecule has 0 heterocycles. The van der Waals surface area contributed by atoms with Crippen LogP contribution in [-0.4, -0.2) is 11.0 Å². The molecule has 0 aliphatic carbocycles. The summed E-state index contributed by atoms with van der Waals surface area (Å²) in [5.74, 6) is -0.233. The van der Waals surface area contributed by atoms with Gasteiger partial charge in [0.1, 0.15) is 5.75 Å². The zero-order valence-electron chi connectivity index (χ0n) is 9.35. The van der Waals surface area contributed by atoms with E-state index in [0.29, 0.717) is 16.9 Å². The number of aromatic hydroxyl groups is 1. The molecule has 0 atom stereocenters. The third kappa shape index (κ3) is 2.81. The van der Waals surface area contributed by atoms with E-state index < -0.39 is 0 Å². The Morgan fingerprint density at radius 3 is 2.67 bits per heavy atom. The number of hydrogen-bond acceptors (Lipinski definition) is 3. The molecule has 1 amide bonds. The van der Waals surface area contributed by atoms with E-state index in [0.717, 1.165) is 4.47 Å². The van der Waals surface area contributed by atoms with Crippen LogP contribution in [0.15, 0.2) is 46.9 Å². The normalized spacial score (nSPS) is 10.1. The monoisotopic (exact) mass is 306 g/mol. The highest BCUT2D eigenvalue weighted by atomic mass is 79.9. The summed E-state index contributed by atoms with van der Waals surface area (Å²) < 4.78 is 0.719. The number of carbonyl (C=O) groups is 1. The van der Waals surface area contributed by atoms with Crippen LogP contribution in [-0.2, 0) is 0 Å². The first kappa shape index (κ1) is 12.4. The molecule has 0 aromatic heterocycles. The molecule has 0 bridgehead atoms. The average Bonchev–Trinajstić information content (AvgIpc) is 2.34. The predicted molar refractivity (Wildman–Crippen MR) is 74.6 cm³/mol.